The third-order valence-corrected chi connectivity index (χ3v) is 6.54. The monoisotopic (exact) mass is 451 g/mol. The number of halogens is 2. The van der Waals surface area contributed by atoms with Crippen molar-refractivity contribution in [1.82, 2.24) is 4.72 Å². The van der Waals surface area contributed by atoms with E-state index in [2.05, 4.69) is 4.72 Å². The fourth-order valence-electron chi connectivity index (χ4n) is 3.47. The lowest BCUT2D eigenvalue weighted by atomic mass is 9.90. The molecule has 0 aliphatic heterocycles. The van der Waals surface area contributed by atoms with Crippen molar-refractivity contribution in [3.8, 4) is 11.1 Å². The van der Waals surface area contributed by atoms with Crippen molar-refractivity contribution >= 4 is 17.0 Å². The van der Waals surface area contributed by atoms with Crippen LogP contribution in [0.2, 0.25) is 0 Å². The summed E-state index contributed by atoms with van der Waals surface area (Å²) in [5.74, 6) is -1.32. The molecule has 4 nitrogen and oxygen atoms in total. The van der Waals surface area contributed by atoms with Gasteiger partial charge in [0.1, 0.15) is 11.6 Å². The predicted molar refractivity (Wildman–Crippen MR) is 121 cm³/mol. The van der Waals surface area contributed by atoms with E-state index in [4.69, 9.17) is 4.74 Å². The maximum atomic E-state index is 15.2. The molecule has 2 aromatic carbocycles. The molecule has 7 heteroatoms. The number of carbonyl (C=O) groups is 1. The first kappa shape index (κ1) is 25.1. The molecule has 0 saturated heterocycles. The predicted octanol–water partition coefficient (Wildman–Crippen LogP) is 5.60. The molecule has 0 heterocycles. The van der Waals surface area contributed by atoms with Crippen molar-refractivity contribution in [2.45, 2.75) is 65.7 Å². The summed E-state index contributed by atoms with van der Waals surface area (Å²) in [7, 11) is -1.54. The Morgan fingerprint density at radius 2 is 1.65 bits per heavy atom. The van der Waals surface area contributed by atoms with Gasteiger partial charge in [0.25, 0.3) is 0 Å². The molecule has 0 spiro atoms. The van der Waals surface area contributed by atoms with Crippen LogP contribution in [0.5, 0.6) is 0 Å². The maximum Gasteiger partial charge on any atom is 0.307 e. The second kappa shape index (κ2) is 10.0. The highest BCUT2D eigenvalue weighted by Gasteiger charge is 2.28. The Hall–Kier alpha value is -2.12. The summed E-state index contributed by atoms with van der Waals surface area (Å²) in [6.45, 7) is 12.5. The van der Waals surface area contributed by atoms with Gasteiger partial charge in [-0.1, -0.05) is 0 Å². The molecule has 0 aliphatic rings. The fraction of sp³-hybridized carbons (Fsp3) is 0.458. The molecule has 0 bridgehead atoms. The molecule has 0 saturated carbocycles. The largest absolute Gasteiger partial charge is 0.466 e. The van der Waals surface area contributed by atoms with Crippen molar-refractivity contribution < 1.29 is 22.5 Å². The zero-order valence-corrected chi connectivity index (χ0v) is 20.0. The second-order valence-electron chi connectivity index (χ2n) is 8.67. The smallest absolute Gasteiger partial charge is 0.307 e. The molecule has 0 aliphatic carbocycles. The number of benzene rings is 2. The number of esters is 1. The van der Waals surface area contributed by atoms with Crippen LogP contribution < -0.4 is 4.72 Å². The van der Waals surface area contributed by atoms with Crippen LogP contribution >= 0.6 is 0 Å². The van der Waals surface area contributed by atoms with Gasteiger partial charge in [0.05, 0.1) is 34.8 Å². The number of carbonyl (C=O) groups excluding carboxylic acids is 1. The molecule has 0 aromatic heterocycles. The van der Waals surface area contributed by atoms with Crippen molar-refractivity contribution in [1.29, 1.82) is 0 Å². The summed E-state index contributed by atoms with van der Waals surface area (Å²) < 4.78 is 49.2. The van der Waals surface area contributed by atoms with Crippen LogP contribution in [0.25, 0.3) is 11.1 Å². The van der Waals surface area contributed by atoms with E-state index in [1.807, 2.05) is 0 Å². The van der Waals surface area contributed by atoms with Crippen LogP contribution in [-0.2, 0) is 20.5 Å². The first-order valence-corrected chi connectivity index (χ1v) is 11.4. The normalized spacial score (nSPS) is 13.7. The van der Waals surface area contributed by atoms with E-state index in [1.165, 1.54) is 12.1 Å². The van der Waals surface area contributed by atoms with E-state index in [0.717, 1.165) is 16.7 Å². The molecule has 2 rings (SSSR count). The molecule has 31 heavy (non-hydrogen) atoms. The lowest BCUT2D eigenvalue weighted by Crippen LogP contribution is -2.37. The Balaban J connectivity index is 2.62. The van der Waals surface area contributed by atoms with Crippen molar-refractivity contribution in [2.24, 2.45) is 0 Å². The van der Waals surface area contributed by atoms with Crippen molar-refractivity contribution in [3.05, 3.63) is 58.2 Å². The molecule has 0 fully saturated rings. The molecule has 1 unspecified atom stereocenters. The van der Waals surface area contributed by atoms with E-state index < -0.39 is 33.6 Å². The van der Waals surface area contributed by atoms with Crippen LogP contribution in [0.3, 0.4) is 0 Å². The molecule has 2 aromatic rings. The first-order chi connectivity index (χ1) is 14.3. The maximum absolute atomic E-state index is 15.2. The van der Waals surface area contributed by atoms with E-state index in [1.54, 1.807) is 60.6 Å². The first-order valence-electron chi connectivity index (χ1n) is 10.3. The Morgan fingerprint density at radius 3 is 2.16 bits per heavy atom. The quantitative estimate of drug-likeness (QED) is 0.557. The zero-order chi connectivity index (χ0) is 23.5. The average molecular weight is 452 g/mol. The molecular weight excluding hydrogens is 420 g/mol. The fourth-order valence-corrected chi connectivity index (χ4v) is 4.29. The van der Waals surface area contributed by atoms with Gasteiger partial charge in [-0.2, -0.15) is 0 Å². The number of nitrogens with one attached hydrogen (secondary N) is 1. The highest BCUT2D eigenvalue weighted by atomic mass is 32.2. The van der Waals surface area contributed by atoms with Gasteiger partial charge in [0.15, 0.2) is 0 Å². The van der Waals surface area contributed by atoms with Crippen LogP contribution in [0, 0.1) is 32.4 Å². The number of aryl methyl sites for hydroxylation is 3. The second-order valence-corrected chi connectivity index (χ2v) is 10.7. The highest BCUT2D eigenvalue weighted by Crippen LogP contribution is 2.34. The third kappa shape index (κ3) is 6.20. The minimum Gasteiger partial charge on any atom is -0.466 e. The molecule has 1 N–H and O–H groups in total. The van der Waals surface area contributed by atoms with Crippen LogP contribution in [0.4, 0.5) is 8.78 Å². The van der Waals surface area contributed by atoms with E-state index >= 15 is 4.39 Å². The van der Waals surface area contributed by atoms with E-state index in [0.29, 0.717) is 11.1 Å². The minimum atomic E-state index is -1.54. The number of hydrogen-bond donors (Lipinski definition) is 1. The standard InChI is InChI=1S/C24H31F2NO3S/c1-8-30-21(28)13-20(27-31(29)24(5,6)7)19-12-17(9-16(4)23(19)26)22-14(2)10-18(25)11-15(22)3/h9-12,20,27H,8,13H2,1-7H3/t20?,31-/m1/s1. The van der Waals surface area contributed by atoms with Crippen LogP contribution in [0.1, 0.15) is 62.4 Å². The highest BCUT2D eigenvalue weighted by molar-refractivity contribution is 7.84. The van der Waals surface area contributed by atoms with Gasteiger partial charge >= 0.3 is 5.97 Å². The summed E-state index contributed by atoms with van der Waals surface area (Å²) in [5.41, 5.74) is 3.57. The zero-order valence-electron chi connectivity index (χ0n) is 19.2. The molecule has 170 valence electrons. The molecule has 2 atom stereocenters. The van der Waals surface area contributed by atoms with Gasteiger partial charge in [-0.05, 0) is 101 Å². The van der Waals surface area contributed by atoms with Crippen molar-refractivity contribution in [2.75, 3.05) is 6.61 Å². The summed E-state index contributed by atoms with van der Waals surface area (Å²) in [6, 6.07) is 5.37. The van der Waals surface area contributed by atoms with Crippen LogP contribution in [0.15, 0.2) is 24.3 Å². The van der Waals surface area contributed by atoms with Gasteiger partial charge < -0.3 is 4.74 Å². The Bertz CT molecular complexity index is 976. The van der Waals surface area contributed by atoms with Gasteiger partial charge in [0.2, 0.25) is 0 Å². The van der Waals surface area contributed by atoms with Gasteiger partial charge in [0, 0.05) is 5.56 Å². The SMILES string of the molecule is CCOC(=O)CC(N[S@](=O)C(C)(C)C)c1cc(-c2c(C)cc(F)cc2C)cc(C)c1F. The minimum absolute atomic E-state index is 0.170. The third-order valence-electron chi connectivity index (χ3n) is 4.93. The summed E-state index contributed by atoms with van der Waals surface area (Å²) in [5, 5.41) is 0. The van der Waals surface area contributed by atoms with E-state index in [9.17, 15) is 13.4 Å². The molecule has 0 amide bonds. The number of ether oxygens (including phenoxy) is 1. The number of hydrogen-bond acceptors (Lipinski definition) is 3. The van der Waals surface area contributed by atoms with Gasteiger partial charge in [-0.25, -0.2) is 17.7 Å². The molecule has 0 radical (unpaired) electrons. The summed E-state index contributed by atoms with van der Waals surface area (Å²) in [6.07, 6.45) is -0.170. The van der Waals surface area contributed by atoms with Crippen molar-refractivity contribution in [3.63, 3.8) is 0 Å². The Kier molecular flexibility index (Phi) is 8.11. The Labute approximate surface area is 186 Å². The molecular formula is C24H31F2NO3S. The average Bonchev–Trinajstić information content (AvgIpc) is 2.62. The van der Waals surface area contributed by atoms with Gasteiger partial charge in [-0.15, -0.1) is 0 Å². The summed E-state index contributed by atoms with van der Waals surface area (Å²) >= 11 is 0. The van der Waals surface area contributed by atoms with Gasteiger partial charge in [-0.3, -0.25) is 4.79 Å². The summed E-state index contributed by atoms with van der Waals surface area (Å²) in [4.78, 5) is 12.2. The lowest BCUT2D eigenvalue weighted by Gasteiger charge is -2.25. The van der Waals surface area contributed by atoms with E-state index in [-0.39, 0.29) is 24.4 Å². The lowest BCUT2D eigenvalue weighted by molar-refractivity contribution is -0.143. The number of rotatable bonds is 7. The Morgan fingerprint density at radius 1 is 1.06 bits per heavy atom. The topological polar surface area (TPSA) is 55.4 Å². The van der Waals surface area contributed by atoms with Crippen LogP contribution in [-0.4, -0.2) is 21.5 Å².